The van der Waals surface area contributed by atoms with E-state index in [0.29, 0.717) is 12.1 Å². The zero-order valence-electron chi connectivity index (χ0n) is 18.1. The quantitative estimate of drug-likeness (QED) is 0.368. The third-order valence-corrected chi connectivity index (χ3v) is 4.76. The molecule has 31 heavy (non-hydrogen) atoms. The molecule has 162 valence electrons. The molecule has 0 aliphatic heterocycles. The maximum atomic E-state index is 11.8. The Morgan fingerprint density at radius 2 is 1.84 bits per heavy atom. The van der Waals surface area contributed by atoms with Crippen molar-refractivity contribution in [2.75, 3.05) is 20.1 Å². The standard InChI is InChI=1S/C24H30N6O/c1-3-26-24(27-13-12-19-10-7-11-22(14-19)23(31)25-2)28-15-21-16-29-30(18-21)17-20-8-5-4-6-9-20/h4-11,14,16,18H,3,12-13,15,17H2,1-2H3,(H,25,31)(H2,26,27,28). The highest BCUT2D eigenvalue weighted by molar-refractivity contribution is 5.94. The van der Waals surface area contributed by atoms with E-state index in [9.17, 15) is 4.79 Å². The van der Waals surface area contributed by atoms with Crippen molar-refractivity contribution in [3.05, 3.63) is 89.2 Å². The third-order valence-electron chi connectivity index (χ3n) is 4.76. The van der Waals surface area contributed by atoms with Crippen molar-refractivity contribution in [1.29, 1.82) is 0 Å². The summed E-state index contributed by atoms with van der Waals surface area (Å²) >= 11 is 0. The monoisotopic (exact) mass is 418 g/mol. The van der Waals surface area contributed by atoms with E-state index in [-0.39, 0.29) is 5.91 Å². The lowest BCUT2D eigenvalue weighted by Crippen LogP contribution is -2.38. The van der Waals surface area contributed by atoms with Crippen molar-refractivity contribution in [2.24, 2.45) is 4.99 Å². The van der Waals surface area contributed by atoms with Crippen molar-refractivity contribution in [3.8, 4) is 0 Å². The van der Waals surface area contributed by atoms with Crippen LogP contribution in [0.15, 0.2) is 72.0 Å². The second-order valence-electron chi connectivity index (χ2n) is 7.18. The average Bonchev–Trinajstić information content (AvgIpc) is 3.25. The van der Waals surface area contributed by atoms with E-state index in [2.05, 4.69) is 38.2 Å². The van der Waals surface area contributed by atoms with E-state index in [0.717, 1.165) is 43.1 Å². The normalized spacial score (nSPS) is 11.2. The van der Waals surface area contributed by atoms with Crippen molar-refractivity contribution < 1.29 is 4.79 Å². The molecule has 0 bridgehead atoms. The predicted molar refractivity (Wildman–Crippen MR) is 124 cm³/mol. The Labute approximate surface area is 183 Å². The van der Waals surface area contributed by atoms with Crippen molar-refractivity contribution in [2.45, 2.75) is 26.4 Å². The maximum Gasteiger partial charge on any atom is 0.251 e. The summed E-state index contributed by atoms with van der Waals surface area (Å²) in [6.07, 6.45) is 4.69. The first-order valence-corrected chi connectivity index (χ1v) is 10.6. The highest BCUT2D eigenvalue weighted by Crippen LogP contribution is 2.07. The van der Waals surface area contributed by atoms with Crippen LogP contribution in [-0.4, -0.2) is 41.8 Å². The molecule has 0 fully saturated rings. The van der Waals surface area contributed by atoms with Crippen LogP contribution in [0.3, 0.4) is 0 Å². The Kier molecular flexibility index (Phi) is 8.22. The number of benzene rings is 2. The van der Waals surface area contributed by atoms with Gasteiger partial charge in [0.25, 0.3) is 5.91 Å². The van der Waals surface area contributed by atoms with Crippen molar-refractivity contribution in [3.63, 3.8) is 0 Å². The number of aromatic nitrogens is 2. The lowest BCUT2D eigenvalue weighted by atomic mass is 10.1. The van der Waals surface area contributed by atoms with Gasteiger partial charge in [0.1, 0.15) is 0 Å². The van der Waals surface area contributed by atoms with Crippen molar-refractivity contribution >= 4 is 11.9 Å². The van der Waals surface area contributed by atoms with E-state index in [1.54, 1.807) is 7.05 Å². The Bertz CT molecular complexity index is 996. The SMILES string of the molecule is CCNC(=NCc1cnn(Cc2ccccc2)c1)NCCc1cccc(C(=O)NC)c1. The number of guanidine groups is 1. The summed E-state index contributed by atoms with van der Waals surface area (Å²) in [5.41, 5.74) is 4.06. The van der Waals surface area contributed by atoms with Gasteiger partial charge in [0.15, 0.2) is 5.96 Å². The molecule has 7 heteroatoms. The van der Waals surface area contributed by atoms with Gasteiger partial charge in [0.2, 0.25) is 0 Å². The number of nitrogens with zero attached hydrogens (tertiary/aromatic N) is 3. The number of carbonyl (C=O) groups is 1. The Morgan fingerprint density at radius 1 is 1.03 bits per heavy atom. The predicted octanol–water partition coefficient (Wildman–Crippen LogP) is 2.59. The highest BCUT2D eigenvalue weighted by atomic mass is 16.1. The van der Waals surface area contributed by atoms with Crippen molar-refractivity contribution in [1.82, 2.24) is 25.7 Å². The summed E-state index contributed by atoms with van der Waals surface area (Å²) in [4.78, 5) is 16.5. The molecule has 3 N–H and O–H groups in total. The van der Waals surface area contributed by atoms with E-state index in [4.69, 9.17) is 0 Å². The van der Waals surface area contributed by atoms with Crippen LogP contribution < -0.4 is 16.0 Å². The fourth-order valence-corrected chi connectivity index (χ4v) is 3.19. The van der Waals surface area contributed by atoms with Crippen LogP contribution in [-0.2, 0) is 19.5 Å². The fourth-order valence-electron chi connectivity index (χ4n) is 3.19. The summed E-state index contributed by atoms with van der Waals surface area (Å²) in [6.45, 7) is 4.84. The summed E-state index contributed by atoms with van der Waals surface area (Å²) in [5.74, 6) is 0.693. The summed E-state index contributed by atoms with van der Waals surface area (Å²) in [7, 11) is 1.64. The van der Waals surface area contributed by atoms with Crippen LogP contribution in [0.1, 0.15) is 34.0 Å². The first-order valence-electron chi connectivity index (χ1n) is 10.6. The van der Waals surface area contributed by atoms with Gasteiger partial charge >= 0.3 is 0 Å². The Morgan fingerprint density at radius 3 is 2.61 bits per heavy atom. The molecule has 1 amide bonds. The van der Waals surface area contributed by atoms with Gasteiger partial charge in [0, 0.05) is 37.5 Å². The number of rotatable bonds is 9. The van der Waals surface area contributed by atoms with E-state index in [1.807, 2.05) is 66.5 Å². The first kappa shape index (κ1) is 22.1. The summed E-state index contributed by atoms with van der Waals surface area (Å²) in [6, 6.07) is 18.0. The van der Waals surface area contributed by atoms with Crippen LogP contribution in [0.5, 0.6) is 0 Å². The van der Waals surface area contributed by atoms with E-state index < -0.39 is 0 Å². The molecule has 3 aromatic rings. The minimum Gasteiger partial charge on any atom is -0.357 e. The molecule has 1 aromatic heterocycles. The highest BCUT2D eigenvalue weighted by Gasteiger charge is 2.05. The molecule has 0 unspecified atom stereocenters. The maximum absolute atomic E-state index is 11.8. The Balaban J connectivity index is 1.53. The van der Waals surface area contributed by atoms with Gasteiger partial charge in [-0.1, -0.05) is 42.5 Å². The minimum absolute atomic E-state index is 0.0717. The lowest BCUT2D eigenvalue weighted by Gasteiger charge is -2.11. The van der Waals surface area contributed by atoms with Gasteiger partial charge in [-0.05, 0) is 36.6 Å². The van der Waals surface area contributed by atoms with E-state index >= 15 is 0 Å². The molecule has 0 aliphatic rings. The minimum atomic E-state index is -0.0717. The average molecular weight is 419 g/mol. The number of hydrogen-bond acceptors (Lipinski definition) is 3. The second kappa shape index (κ2) is 11.5. The Hall–Kier alpha value is -3.61. The number of amides is 1. The van der Waals surface area contributed by atoms with Gasteiger partial charge in [0.05, 0.1) is 19.3 Å². The molecular formula is C24H30N6O. The molecule has 0 radical (unpaired) electrons. The molecule has 7 nitrogen and oxygen atoms in total. The van der Waals surface area contributed by atoms with Gasteiger partial charge in [-0.15, -0.1) is 0 Å². The lowest BCUT2D eigenvalue weighted by molar-refractivity contribution is 0.0963. The fraction of sp³-hybridized carbons (Fsp3) is 0.292. The largest absolute Gasteiger partial charge is 0.357 e. The first-order chi connectivity index (χ1) is 15.2. The number of carbonyl (C=O) groups excluding carboxylic acids is 1. The third kappa shape index (κ3) is 6.99. The van der Waals surface area contributed by atoms with Crippen LogP contribution >= 0.6 is 0 Å². The zero-order chi connectivity index (χ0) is 21.9. The zero-order valence-corrected chi connectivity index (χ0v) is 18.1. The number of aliphatic imine (C=N–C) groups is 1. The molecular weight excluding hydrogens is 388 g/mol. The van der Waals surface area contributed by atoms with Gasteiger partial charge in [-0.2, -0.15) is 5.10 Å². The summed E-state index contributed by atoms with van der Waals surface area (Å²) < 4.78 is 1.93. The van der Waals surface area contributed by atoms with Crippen LogP contribution in [0, 0.1) is 0 Å². The molecule has 2 aromatic carbocycles. The van der Waals surface area contributed by atoms with Crippen LogP contribution in [0.2, 0.25) is 0 Å². The van der Waals surface area contributed by atoms with Gasteiger partial charge in [-0.25, -0.2) is 4.99 Å². The molecule has 0 aliphatic carbocycles. The topological polar surface area (TPSA) is 83.3 Å². The second-order valence-corrected chi connectivity index (χ2v) is 7.18. The van der Waals surface area contributed by atoms with Gasteiger partial charge in [-0.3, -0.25) is 9.48 Å². The molecule has 1 heterocycles. The molecule has 0 spiro atoms. The van der Waals surface area contributed by atoms with Crippen LogP contribution in [0.25, 0.3) is 0 Å². The number of nitrogens with one attached hydrogen (secondary N) is 3. The molecule has 0 atom stereocenters. The summed E-state index contributed by atoms with van der Waals surface area (Å²) in [5, 5.41) is 13.7. The number of hydrogen-bond donors (Lipinski definition) is 3. The van der Waals surface area contributed by atoms with Gasteiger partial charge < -0.3 is 16.0 Å². The van der Waals surface area contributed by atoms with E-state index in [1.165, 1.54) is 5.56 Å². The smallest absolute Gasteiger partial charge is 0.251 e. The van der Waals surface area contributed by atoms with Crippen LogP contribution in [0.4, 0.5) is 0 Å². The molecule has 0 saturated carbocycles. The molecule has 3 rings (SSSR count). The molecule has 0 saturated heterocycles.